The van der Waals surface area contributed by atoms with Gasteiger partial charge in [-0.3, -0.25) is 4.79 Å². The van der Waals surface area contributed by atoms with Gasteiger partial charge in [-0.25, -0.2) is 5.01 Å². The first-order valence-corrected chi connectivity index (χ1v) is 6.85. The molecular weight excluding hydrogens is 278 g/mol. The maximum Gasteiger partial charge on any atom is 0.250 e. The van der Waals surface area contributed by atoms with Crippen molar-refractivity contribution in [1.29, 1.82) is 0 Å². The molecule has 0 spiro atoms. The number of hydrogen-bond acceptors (Lipinski definition) is 4. The lowest BCUT2D eigenvalue weighted by atomic mass is 10.3. The van der Waals surface area contributed by atoms with Crippen LogP contribution in [0.1, 0.15) is 6.92 Å². The molecule has 0 unspecified atom stereocenters. The van der Waals surface area contributed by atoms with Gasteiger partial charge in [-0.1, -0.05) is 11.6 Å². The molecule has 0 atom stereocenters. The van der Waals surface area contributed by atoms with E-state index in [0.717, 1.165) is 24.5 Å². The molecule has 1 aliphatic heterocycles. The summed E-state index contributed by atoms with van der Waals surface area (Å²) in [6.45, 7) is 4.89. The van der Waals surface area contributed by atoms with Crippen LogP contribution >= 0.6 is 11.6 Å². The standard InChI is InChI=1S/C14H18ClN3O2/c1-11(17-18-6-8-20-9-7-18)10-14(19)16-13-4-2-12(15)3-5-13/h2-5,10,17H,6-9H2,1H3,(H,16,19)/b11-10+. The number of carbonyl (C=O) groups excluding carboxylic acids is 1. The molecule has 1 aliphatic rings. The summed E-state index contributed by atoms with van der Waals surface area (Å²) in [4.78, 5) is 11.8. The molecule has 0 aliphatic carbocycles. The van der Waals surface area contributed by atoms with Crippen LogP contribution in [-0.4, -0.2) is 37.2 Å². The fraction of sp³-hybridized carbons (Fsp3) is 0.357. The fourth-order valence-electron chi connectivity index (χ4n) is 1.87. The quantitative estimate of drug-likeness (QED) is 0.835. The first-order chi connectivity index (χ1) is 9.63. The van der Waals surface area contributed by atoms with Crippen LogP contribution in [0.25, 0.3) is 0 Å². The molecule has 1 saturated heterocycles. The summed E-state index contributed by atoms with van der Waals surface area (Å²) >= 11 is 5.79. The first kappa shape index (κ1) is 14.8. The van der Waals surface area contributed by atoms with Crippen molar-refractivity contribution in [3.8, 4) is 0 Å². The Kier molecular flexibility index (Phi) is 5.40. The smallest absolute Gasteiger partial charge is 0.250 e. The zero-order valence-corrected chi connectivity index (χ0v) is 12.1. The number of anilines is 1. The van der Waals surface area contributed by atoms with E-state index < -0.39 is 0 Å². The Morgan fingerprint density at radius 1 is 1.30 bits per heavy atom. The Balaban J connectivity index is 1.85. The number of benzene rings is 1. The highest BCUT2D eigenvalue weighted by atomic mass is 35.5. The van der Waals surface area contributed by atoms with E-state index in [9.17, 15) is 4.79 Å². The van der Waals surface area contributed by atoms with E-state index in [1.54, 1.807) is 24.3 Å². The number of hydrazine groups is 1. The number of allylic oxidation sites excluding steroid dienone is 1. The van der Waals surface area contributed by atoms with E-state index in [-0.39, 0.29) is 5.91 Å². The summed E-state index contributed by atoms with van der Waals surface area (Å²) < 4.78 is 5.26. The lowest BCUT2D eigenvalue weighted by molar-refractivity contribution is -0.112. The number of amides is 1. The topological polar surface area (TPSA) is 53.6 Å². The predicted molar refractivity (Wildman–Crippen MR) is 79.4 cm³/mol. The van der Waals surface area contributed by atoms with Crippen molar-refractivity contribution in [3.63, 3.8) is 0 Å². The average molecular weight is 296 g/mol. The minimum Gasteiger partial charge on any atom is -0.379 e. The van der Waals surface area contributed by atoms with Crippen molar-refractivity contribution in [1.82, 2.24) is 10.4 Å². The number of hydrogen-bond donors (Lipinski definition) is 2. The zero-order chi connectivity index (χ0) is 14.4. The molecule has 6 heteroatoms. The van der Waals surface area contributed by atoms with Gasteiger partial charge in [-0.15, -0.1) is 0 Å². The Bertz CT molecular complexity index is 482. The van der Waals surface area contributed by atoms with E-state index in [1.807, 2.05) is 11.9 Å². The largest absolute Gasteiger partial charge is 0.379 e. The van der Waals surface area contributed by atoms with Crippen molar-refractivity contribution < 1.29 is 9.53 Å². The Morgan fingerprint density at radius 3 is 2.60 bits per heavy atom. The fourth-order valence-corrected chi connectivity index (χ4v) is 1.99. The molecule has 2 rings (SSSR count). The van der Waals surface area contributed by atoms with Crippen LogP contribution in [0.2, 0.25) is 5.02 Å². The maximum atomic E-state index is 11.8. The third kappa shape index (κ3) is 4.85. The molecule has 1 aromatic carbocycles. The first-order valence-electron chi connectivity index (χ1n) is 6.48. The minimum absolute atomic E-state index is 0.175. The maximum absolute atomic E-state index is 11.8. The summed E-state index contributed by atoms with van der Waals surface area (Å²) in [7, 11) is 0. The highest BCUT2D eigenvalue weighted by Crippen LogP contribution is 2.13. The van der Waals surface area contributed by atoms with E-state index in [1.165, 1.54) is 6.08 Å². The number of ether oxygens (including phenoxy) is 1. The van der Waals surface area contributed by atoms with Crippen LogP contribution in [0.15, 0.2) is 36.0 Å². The van der Waals surface area contributed by atoms with Gasteiger partial charge in [0.2, 0.25) is 5.91 Å². The van der Waals surface area contributed by atoms with Crippen molar-refractivity contribution in [2.45, 2.75) is 6.92 Å². The lowest BCUT2D eigenvalue weighted by Gasteiger charge is -2.28. The molecule has 0 bridgehead atoms. The van der Waals surface area contributed by atoms with Gasteiger partial charge < -0.3 is 15.5 Å². The Morgan fingerprint density at radius 2 is 1.95 bits per heavy atom. The summed E-state index contributed by atoms with van der Waals surface area (Å²) in [5.41, 5.74) is 4.68. The molecule has 0 aromatic heterocycles. The summed E-state index contributed by atoms with van der Waals surface area (Å²) in [6.07, 6.45) is 1.53. The number of nitrogens with one attached hydrogen (secondary N) is 2. The molecule has 1 fully saturated rings. The van der Waals surface area contributed by atoms with Crippen LogP contribution < -0.4 is 10.7 Å². The lowest BCUT2D eigenvalue weighted by Crippen LogP contribution is -2.44. The van der Waals surface area contributed by atoms with Gasteiger partial charge in [0, 0.05) is 35.6 Å². The minimum atomic E-state index is -0.175. The summed E-state index contributed by atoms with van der Waals surface area (Å²) in [5.74, 6) is -0.175. The molecule has 0 saturated carbocycles. The number of nitrogens with zero attached hydrogens (tertiary/aromatic N) is 1. The van der Waals surface area contributed by atoms with Crippen LogP contribution in [0.3, 0.4) is 0 Å². The van der Waals surface area contributed by atoms with Gasteiger partial charge in [-0.2, -0.15) is 0 Å². The molecular formula is C14H18ClN3O2. The van der Waals surface area contributed by atoms with Crippen LogP contribution in [0.5, 0.6) is 0 Å². The molecule has 1 amide bonds. The van der Waals surface area contributed by atoms with Crippen molar-refractivity contribution >= 4 is 23.2 Å². The van der Waals surface area contributed by atoms with Crippen LogP contribution in [0, 0.1) is 0 Å². The van der Waals surface area contributed by atoms with E-state index in [4.69, 9.17) is 16.3 Å². The average Bonchev–Trinajstić information content (AvgIpc) is 2.42. The van der Waals surface area contributed by atoms with Crippen molar-refractivity contribution in [3.05, 3.63) is 41.1 Å². The van der Waals surface area contributed by atoms with Gasteiger partial charge in [0.25, 0.3) is 0 Å². The van der Waals surface area contributed by atoms with E-state index >= 15 is 0 Å². The molecule has 1 heterocycles. The normalized spacial score (nSPS) is 16.8. The van der Waals surface area contributed by atoms with Gasteiger partial charge in [-0.05, 0) is 31.2 Å². The van der Waals surface area contributed by atoms with E-state index in [0.29, 0.717) is 18.2 Å². The molecule has 5 nitrogen and oxygen atoms in total. The zero-order valence-electron chi connectivity index (χ0n) is 11.4. The van der Waals surface area contributed by atoms with Crippen molar-refractivity contribution in [2.24, 2.45) is 0 Å². The van der Waals surface area contributed by atoms with Gasteiger partial charge >= 0.3 is 0 Å². The molecule has 108 valence electrons. The third-order valence-electron chi connectivity index (χ3n) is 2.80. The van der Waals surface area contributed by atoms with E-state index in [2.05, 4.69) is 10.7 Å². The summed E-state index contributed by atoms with van der Waals surface area (Å²) in [6, 6.07) is 7.00. The van der Waals surface area contributed by atoms with Gasteiger partial charge in [0.05, 0.1) is 13.2 Å². The van der Waals surface area contributed by atoms with Crippen molar-refractivity contribution in [2.75, 3.05) is 31.6 Å². The Hall–Kier alpha value is -1.56. The second kappa shape index (κ2) is 7.28. The molecule has 2 N–H and O–H groups in total. The highest BCUT2D eigenvalue weighted by Gasteiger charge is 2.10. The second-order valence-corrected chi connectivity index (χ2v) is 4.97. The number of morpholine rings is 1. The number of carbonyl (C=O) groups is 1. The number of rotatable bonds is 4. The third-order valence-corrected chi connectivity index (χ3v) is 3.06. The van der Waals surface area contributed by atoms with Crippen LogP contribution in [0.4, 0.5) is 5.69 Å². The molecule has 20 heavy (non-hydrogen) atoms. The number of halogens is 1. The molecule has 1 aromatic rings. The Labute approximate surface area is 123 Å². The van der Waals surface area contributed by atoms with Gasteiger partial charge in [0.15, 0.2) is 0 Å². The van der Waals surface area contributed by atoms with Crippen LogP contribution in [-0.2, 0) is 9.53 Å². The van der Waals surface area contributed by atoms with Gasteiger partial charge in [0.1, 0.15) is 0 Å². The SMILES string of the molecule is C/C(=C\C(=O)Nc1ccc(Cl)cc1)NN1CCOCC1. The second-order valence-electron chi connectivity index (χ2n) is 4.53. The monoisotopic (exact) mass is 295 g/mol. The molecule has 0 radical (unpaired) electrons. The summed E-state index contributed by atoms with van der Waals surface area (Å²) in [5, 5.41) is 5.46. The predicted octanol–water partition coefficient (Wildman–Crippen LogP) is 2.02. The highest BCUT2D eigenvalue weighted by molar-refractivity contribution is 6.30.